The predicted octanol–water partition coefficient (Wildman–Crippen LogP) is 2.97. The van der Waals surface area contributed by atoms with E-state index in [-0.39, 0.29) is 0 Å². The van der Waals surface area contributed by atoms with Gasteiger partial charge >= 0.3 is 0 Å². The van der Waals surface area contributed by atoms with Crippen LogP contribution in [0.2, 0.25) is 0 Å². The lowest BCUT2D eigenvalue weighted by atomic mass is 9.54. The second-order valence-electron chi connectivity index (χ2n) is 7.35. The largest absolute Gasteiger partial charge is 0.377 e. The van der Waals surface area contributed by atoms with Crippen molar-refractivity contribution >= 4 is 0 Å². The van der Waals surface area contributed by atoms with Gasteiger partial charge in [-0.05, 0) is 75.0 Å². The Morgan fingerprint density at radius 2 is 1.61 bits per heavy atom. The molecule has 5 aliphatic rings. The Morgan fingerprint density at radius 3 is 2.22 bits per heavy atom. The van der Waals surface area contributed by atoms with E-state index in [0.29, 0.717) is 6.10 Å². The molecule has 4 bridgehead atoms. The normalized spacial score (nSPS) is 50.7. The van der Waals surface area contributed by atoms with E-state index >= 15 is 0 Å². The van der Waals surface area contributed by atoms with Crippen molar-refractivity contribution in [1.29, 1.82) is 0 Å². The van der Waals surface area contributed by atoms with E-state index < -0.39 is 0 Å². The van der Waals surface area contributed by atoms with Crippen LogP contribution in [0.4, 0.5) is 0 Å². The third kappa shape index (κ3) is 2.12. The molecule has 1 unspecified atom stereocenters. The minimum absolute atomic E-state index is 0.510. The van der Waals surface area contributed by atoms with E-state index in [1.807, 2.05) is 0 Å². The quantitative estimate of drug-likeness (QED) is 0.830. The molecule has 0 spiro atoms. The minimum Gasteiger partial charge on any atom is -0.377 e. The van der Waals surface area contributed by atoms with Crippen LogP contribution in [0.3, 0.4) is 0 Å². The lowest BCUT2D eigenvalue weighted by molar-refractivity contribution is -0.0281. The average Bonchev–Trinajstić information content (AvgIpc) is 2.38. The first-order chi connectivity index (χ1) is 8.88. The van der Waals surface area contributed by atoms with E-state index in [2.05, 4.69) is 5.32 Å². The Morgan fingerprint density at radius 1 is 0.889 bits per heavy atom. The van der Waals surface area contributed by atoms with Gasteiger partial charge in [-0.2, -0.15) is 0 Å². The molecule has 1 heterocycles. The Labute approximate surface area is 111 Å². The summed E-state index contributed by atoms with van der Waals surface area (Å²) in [5, 5.41) is 3.91. The molecule has 18 heavy (non-hydrogen) atoms. The van der Waals surface area contributed by atoms with Gasteiger partial charge in [0.15, 0.2) is 0 Å². The van der Waals surface area contributed by atoms with Gasteiger partial charge in [-0.3, -0.25) is 0 Å². The van der Waals surface area contributed by atoms with Gasteiger partial charge in [0.1, 0.15) is 0 Å². The zero-order chi connectivity index (χ0) is 11.9. The van der Waals surface area contributed by atoms with E-state index in [1.54, 1.807) is 6.42 Å². The molecule has 0 radical (unpaired) electrons. The molecule has 2 nitrogen and oxygen atoms in total. The number of rotatable bonds is 3. The molecular weight excluding hydrogens is 222 g/mol. The zero-order valence-corrected chi connectivity index (χ0v) is 11.4. The fourth-order valence-corrected chi connectivity index (χ4v) is 5.49. The van der Waals surface area contributed by atoms with E-state index in [1.165, 1.54) is 44.9 Å². The molecule has 5 fully saturated rings. The van der Waals surface area contributed by atoms with Gasteiger partial charge in [0.25, 0.3) is 0 Å². The first-order valence-corrected chi connectivity index (χ1v) is 8.23. The monoisotopic (exact) mass is 249 g/mol. The summed E-state index contributed by atoms with van der Waals surface area (Å²) >= 11 is 0. The van der Waals surface area contributed by atoms with Crippen LogP contribution in [0.25, 0.3) is 0 Å². The predicted molar refractivity (Wildman–Crippen MR) is 72.4 cm³/mol. The van der Waals surface area contributed by atoms with Crippen molar-refractivity contribution in [2.24, 2.45) is 23.7 Å². The van der Waals surface area contributed by atoms with Crippen LogP contribution >= 0.6 is 0 Å². The highest BCUT2D eigenvalue weighted by molar-refractivity contribution is 5.01. The van der Waals surface area contributed by atoms with Gasteiger partial charge in [-0.1, -0.05) is 0 Å². The fraction of sp³-hybridized carbons (Fsp3) is 1.00. The van der Waals surface area contributed by atoms with Crippen LogP contribution in [0.5, 0.6) is 0 Å². The topological polar surface area (TPSA) is 21.3 Å². The number of nitrogens with one attached hydrogen (secondary N) is 1. The summed E-state index contributed by atoms with van der Waals surface area (Å²) in [5.41, 5.74) is 0. The molecule has 2 heteroatoms. The molecule has 4 saturated carbocycles. The molecule has 0 aromatic carbocycles. The summed E-state index contributed by atoms with van der Waals surface area (Å²) in [6.45, 7) is 2.11. The van der Waals surface area contributed by atoms with Crippen molar-refractivity contribution in [3.63, 3.8) is 0 Å². The second-order valence-corrected chi connectivity index (χ2v) is 7.35. The van der Waals surface area contributed by atoms with E-state index in [9.17, 15) is 0 Å². The number of hydrogen-bond acceptors (Lipinski definition) is 2. The second kappa shape index (κ2) is 4.79. The summed E-state index contributed by atoms with van der Waals surface area (Å²) in [4.78, 5) is 0. The van der Waals surface area contributed by atoms with E-state index in [0.717, 1.165) is 42.9 Å². The summed E-state index contributed by atoms with van der Waals surface area (Å²) < 4.78 is 5.86. The van der Waals surface area contributed by atoms with Gasteiger partial charge in [-0.25, -0.2) is 0 Å². The highest BCUT2D eigenvalue weighted by Gasteiger charge is 2.47. The lowest BCUT2D eigenvalue weighted by Gasteiger charge is -2.54. The Balaban J connectivity index is 1.34. The molecule has 0 aromatic rings. The zero-order valence-electron chi connectivity index (χ0n) is 11.4. The van der Waals surface area contributed by atoms with Gasteiger partial charge in [0.2, 0.25) is 0 Å². The van der Waals surface area contributed by atoms with Crippen LogP contribution in [0.15, 0.2) is 0 Å². The van der Waals surface area contributed by atoms with Crippen molar-refractivity contribution in [2.75, 3.05) is 13.2 Å². The standard InChI is InChI=1S/C16H27NO/c1-2-4-18-15(3-1)10-17-16-13-6-11-5-12(8-13)9-14(16)7-11/h11-17H,1-10H2. The maximum absolute atomic E-state index is 5.86. The number of hydrogen-bond donors (Lipinski definition) is 1. The summed E-state index contributed by atoms with van der Waals surface area (Å²) in [6.07, 6.45) is 12.1. The molecule has 0 aromatic heterocycles. The summed E-state index contributed by atoms with van der Waals surface area (Å²) in [5.74, 6) is 4.20. The van der Waals surface area contributed by atoms with Gasteiger partial charge < -0.3 is 10.1 Å². The smallest absolute Gasteiger partial charge is 0.0699 e. The lowest BCUT2D eigenvalue weighted by Crippen LogP contribution is -2.55. The molecule has 1 N–H and O–H groups in total. The van der Waals surface area contributed by atoms with Gasteiger partial charge in [0.05, 0.1) is 6.10 Å². The third-order valence-corrected chi connectivity index (χ3v) is 6.08. The van der Waals surface area contributed by atoms with Crippen molar-refractivity contribution in [3.05, 3.63) is 0 Å². The molecule has 0 amide bonds. The summed E-state index contributed by atoms with van der Waals surface area (Å²) in [6, 6.07) is 0.836. The van der Waals surface area contributed by atoms with Crippen LogP contribution in [-0.2, 0) is 4.74 Å². The third-order valence-electron chi connectivity index (χ3n) is 6.08. The Hall–Kier alpha value is -0.0800. The molecule has 5 rings (SSSR count). The molecule has 1 aliphatic heterocycles. The SMILES string of the molecule is C1CCC(CNC2C3CC4CC(C3)CC2C4)OC1. The first-order valence-electron chi connectivity index (χ1n) is 8.23. The molecular formula is C16H27NO. The Kier molecular flexibility index (Phi) is 3.12. The fourth-order valence-electron chi connectivity index (χ4n) is 5.49. The van der Waals surface area contributed by atoms with Crippen molar-refractivity contribution < 1.29 is 4.74 Å². The van der Waals surface area contributed by atoms with E-state index in [4.69, 9.17) is 4.74 Å². The average molecular weight is 249 g/mol. The van der Waals surface area contributed by atoms with Gasteiger partial charge in [0, 0.05) is 19.2 Å². The maximum Gasteiger partial charge on any atom is 0.0699 e. The van der Waals surface area contributed by atoms with Gasteiger partial charge in [-0.15, -0.1) is 0 Å². The van der Waals surface area contributed by atoms with Crippen LogP contribution in [-0.4, -0.2) is 25.3 Å². The highest BCUT2D eigenvalue weighted by atomic mass is 16.5. The summed E-state index contributed by atoms with van der Waals surface area (Å²) in [7, 11) is 0. The molecule has 4 aliphatic carbocycles. The van der Waals surface area contributed by atoms with Crippen LogP contribution < -0.4 is 5.32 Å². The molecule has 102 valence electrons. The molecule has 1 saturated heterocycles. The van der Waals surface area contributed by atoms with Crippen LogP contribution in [0, 0.1) is 23.7 Å². The van der Waals surface area contributed by atoms with Crippen molar-refractivity contribution in [1.82, 2.24) is 5.32 Å². The minimum atomic E-state index is 0.510. The number of ether oxygens (including phenoxy) is 1. The highest BCUT2D eigenvalue weighted by Crippen LogP contribution is 2.53. The Bertz CT molecular complexity index is 269. The van der Waals surface area contributed by atoms with Crippen molar-refractivity contribution in [3.8, 4) is 0 Å². The molecule has 1 atom stereocenters. The first kappa shape index (κ1) is 11.7. The maximum atomic E-state index is 5.86. The van der Waals surface area contributed by atoms with Crippen molar-refractivity contribution in [2.45, 2.75) is 63.5 Å². The van der Waals surface area contributed by atoms with Crippen LogP contribution in [0.1, 0.15) is 51.4 Å².